The zero-order valence-corrected chi connectivity index (χ0v) is 12.3. The quantitative estimate of drug-likeness (QED) is 0.909. The van der Waals surface area contributed by atoms with Crippen LogP contribution in [0.2, 0.25) is 0 Å². The zero-order valence-electron chi connectivity index (χ0n) is 12.3. The lowest BCUT2D eigenvalue weighted by molar-refractivity contribution is -0.0642. The Morgan fingerprint density at radius 3 is 3.15 bits per heavy atom. The Balaban J connectivity index is 1.75. The second-order valence-corrected chi connectivity index (χ2v) is 5.71. The molecule has 0 amide bonds. The molecule has 0 bridgehead atoms. The molecule has 3 unspecified atom stereocenters. The Morgan fingerprint density at radius 2 is 2.35 bits per heavy atom. The van der Waals surface area contributed by atoms with Crippen LogP contribution in [0.3, 0.4) is 0 Å². The van der Waals surface area contributed by atoms with Crippen LogP contribution in [0.15, 0.2) is 24.3 Å². The second kappa shape index (κ2) is 6.12. The van der Waals surface area contributed by atoms with Crippen LogP contribution in [-0.2, 0) is 4.74 Å². The Bertz CT molecular complexity index is 452. The van der Waals surface area contributed by atoms with Crippen LogP contribution in [0, 0.1) is 0 Å². The van der Waals surface area contributed by atoms with Crippen molar-refractivity contribution in [3.05, 3.63) is 29.8 Å². The van der Waals surface area contributed by atoms with Crippen molar-refractivity contribution in [3.8, 4) is 5.75 Å². The van der Waals surface area contributed by atoms with E-state index in [0.29, 0.717) is 6.04 Å². The highest BCUT2D eigenvalue weighted by molar-refractivity contribution is 5.31. The van der Waals surface area contributed by atoms with E-state index in [1.807, 2.05) is 19.2 Å². The lowest BCUT2D eigenvalue weighted by Crippen LogP contribution is -2.50. The first kappa shape index (κ1) is 13.9. The number of hydrogen-bond donors (Lipinski definition) is 1. The van der Waals surface area contributed by atoms with Crippen LogP contribution in [0.4, 0.5) is 0 Å². The van der Waals surface area contributed by atoms with Gasteiger partial charge in [-0.15, -0.1) is 0 Å². The lowest BCUT2D eigenvalue weighted by Gasteiger charge is -2.39. The number of rotatable bonds is 4. The van der Waals surface area contributed by atoms with Crippen LogP contribution >= 0.6 is 0 Å². The molecule has 0 saturated carbocycles. The minimum atomic E-state index is 0.210. The monoisotopic (exact) mass is 276 g/mol. The normalized spacial score (nSPS) is 28.1. The first-order valence-corrected chi connectivity index (χ1v) is 7.48. The van der Waals surface area contributed by atoms with Gasteiger partial charge in [0, 0.05) is 12.6 Å². The van der Waals surface area contributed by atoms with E-state index in [9.17, 15) is 0 Å². The highest BCUT2D eigenvalue weighted by Crippen LogP contribution is 2.29. The van der Waals surface area contributed by atoms with E-state index < -0.39 is 0 Å². The fourth-order valence-electron chi connectivity index (χ4n) is 3.45. The summed E-state index contributed by atoms with van der Waals surface area (Å²) in [6.45, 7) is 3.11. The number of likely N-dealkylation sites (N-methyl/N-ethyl adjacent to an activating group) is 1. The summed E-state index contributed by atoms with van der Waals surface area (Å²) >= 11 is 0. The summed E-state index contributed by atoms with van der Waals surface area (Å²) in [6, 6.07) is 9.12. The average Bonchev–Trinajstić information content (AvgIpc) is 2.96. The maximum absolute atomic E-state index is 6.13. The molecule has 1 aromatic carbocycles. The molecule has 2 heterocycles. The first-order valence-electron chi connectivity index (χ1n) is 7.48. The molecular formula is C16H24N2O2. The molecule has 3 atom stereocenters. The zero-order chi connectivity index (χ0) is 13.9. The number of morpholine rings is 1. The Kier molecular flexibility index (Phi) is 4.24. The number of nitrogens with one attached hydrogen (secondary N) is 1. The van der Waals surface area contributed by atoms with Gasteiger partial charge >= 0.3 is 0 Å². The fraction of sp³-hybridized carbons (Fsp3) is 0.625. The largest absolute Gasteiger partial charge is 0.497 e. The van der Waals surface area contributed by atoms with Crippen LogP contribution in [0.5, 0.6) is 5.75 Å². The molecule has 0 spiro atoms. The van der Waals surface area contributed by atoms with Gasteiger partial charge < -0.3 is 14.8 Å². The van der Waals surface area contributed by atoms with Gasteiger partial charge in [-0.05, 0) is 44.1 Å². The molecule has 2 aliphatic heterocycles. The summed E-state index contributed by atoms with van der Waals surface area (Å²) in [5.41, 5.74) is 1.23. The highest BCUT2D eigenvalue weighted by atomic mass is 16.5. The number of nitrogens with zero attached hydrogens (tertiary/aromatic N) is 1. The Labute approximate surface area is 121 Å². The molecule has 0 aromatic heterocycles. The van der Waals surface area contributed by atoms with Crippen molar-refractivity contribution in [2.45, 2.75) is 31.0 Å². The number of hydrogen-bond acceptors (Lipinski definition) is 4. The van der Waals surface area contributed by atoms with E-state index in [2.05, 4.69) is 22.3 Å². The molecule has 1 aromatic rings. The number of benzene rings is 1. The first-order chi connectivity index (χ1) is 9.81. The van der Waals surface area contributed by atoms with Gasteiger partial charge in [-0.2, -0.15) is 0 Å². The van der Waals surface area contributed by atoms with E-state index in [-0.39, 0.29) is 12.1 Å². The van der Waals surface area contributed by atoms with E-state index in [4.69, 9.17) is 9.47 Å². The van der Waals surface area contributed by atoms with Gasteiger partial charge in [-0.25, -0.2) is 0 Å². The molecule has 1 N–H and O–H groups in total. The van der Waals surface area contributed by atoms with Crippen molar-refractivity contribution >= 4 is 0 Å². The van der Waals surface area contributed by atoms with E-state index in [1.165, 1.54) is 24.9 Å². The molecule has 110 valence electrons. The summed E-state index contributed by atoms with van der Waals surface area (Å²) in [5, 5.41) is 3.41. The second-order valence-electron chi connectivity index (χ2n) is 5.71. The summed E-state index contributed by atoms with van der Waals surface area (Å²) in [4.78, 5) is 2.58. The minimum absolute atomic E-state index is 0.210. The molecule has 4 heteroatoms. The summed E-state index contributed by atoms with van der Waals surface area (Å²) in [5.74, 6) is 0.901. The van der Waals surface area contributed by atoms with Gasteiger partial charge in [0.1, 0.15) is 5.75 Å². The van der Waals surface area contributed by atoms with Gasteiger partial charge in [0.2, 0.25) is 0 Å². The standard InChI is InChI=1S/C16H24N2O2/c1-17-16(12-5-3-7-14(9-12)19-2)15-10-18-8-4-6-13(18)11-20-15/h3,5,7,9,13,15-17H,4,6,8,10-11H2,1-2H3. The molecule has 4 nitrogen and oxygen atoms in total. The molecular weight excluding hydrogens is 252 g/mol. The van der Waals surface area contributed by atoms with Gasteiger partial charge in [0.15, 0.2) is 0 Å². The molecule has 0 radical (unpaired) electrons. The number of methoxy groups -OCH3 is 1. The SMILES string of the molecule is CNC(c1cccc(OC)c1)C1CN2CCCC2CO1. The predicted molar refractivity (Wildman–Crippen MR) is 79.1 cm³/mol. The molecule has 2 aliphatic rings. The smallest absolute Gasteiger partial charge is 0.119 e. The van der Waals surface area contributed by atoms with E-state index in [0.717, 1.165) is 18.9 Å². The van der Waals surface area contributed by atoms with Crippen molar-refractivity contribution in [1.82, 2.24) is 10.2 Å². The lowest BCUT2D eigenvalue weighted by atomic mass is 9.99. The van der Waals surface area contributed by atoms with Crippen molar-refractivity contribution in [3.63, 3.8) is 0 Å². The van der Waals surface area contributed by atoms with Gasteiger partial charge in [-0.1, -0.05) is 12.1 Å². The van der Waals surface area contributed by atoms with E-state index in [1.54, 1.807) is 7.11 Å². The number of fused-ring (bicyclic) bond motifs is 1. The Morgan fingerprint density at radius 1 is 1.45 bits per heavy atom. The predicted octanol–water partition coefficient (Wildman–Crippen LogP) is 1.82. The van der Waals surface area contributed by atoms with Crippen LogP contribution in [-0.4, -0.2) is 50.9 Å². The maximum atomic E-state index is 6.13. The third kappa shape index (κ3) is 2.68. The minimum Gasteiger partial charge on any atom is -0.497 e. The summed E-state index contributed by atoms with van der Waals surface area (Å²) < 4.78 is 11.5. The third-order valence-corrected chi connectivity index (χ3v) is 4.55. The van der Waals surface area contributed by atoms with Gasteiger partial charge in [0.25, 0.3) is 0 Å². The molecule has 0 aliphatic carbocycles. The summed E-state index contributed by atoms with van der Waals surface area (Å²) in [7, 11) is 3.71. The van der Waals surface area contributed by atoms with Crippen molar-refractivity contribution in [2.24, 2.45) is 0 Å². The van der Waals surface area contributed by atoms with E-state index >= 15 is 0 Å². The third-order valence-electron chi connectivity index (χ3n) is 4.55. The average molecular weight is 276 g/mol. The molecule has 2 saturated heterocycles. The van der Waals surface area contributed by atoms with Crippen LogP contribution in [0.25, 0.3) is 0 Å². The van der Waals surface area contributed by atoms with Crippen molar-refractivity contribution < 1.29 is 9.47 Å². The molecule has 2 fully saturated rings. The van der Waals surface area contributed by atoms with Crippen LogP contribution in [0.1, 0.15) is 24.4 Å². The number of ether oxygens (including phenoxy) is 2. The highest BCUT2D eigenvalue weighted by Gasteiger charge is 2.35. The molecule has 20 heavy (non-hydrogen) atoms. The van der Waals surface area contributed by atoms with Crippen molar-refractivity contribution in [1.29, 1.82) is 0 Å². The van der Waals surface area contributed by atoms with Gasteiger partial charge in [0.05, 0.1) is 25.9 Å². The maximum Gasteiger partial charge on any atom is 0.119 e. The van der Waals surface area contributed by atoms with Crippen LogP contribution < -0.4 is 10.1 Å². The topological polar surface area (TPSA) is 33.7 Å². The summed E-state index contributed by atoms with van der Waals surface area (Å²) in [6.07, 6.45) is 2.81. The van der Waals surface area contributed by atoms with Gasteiger partial charge in [-0.3, -0.25) is 4.90 Å². The Hall–Kier alpha value is -1.10. The van der Waals surface area contributed by atoms with Crippen molar-refractivity contribution in [2.75, 3.05) is 33.9 Å². The molecule has 3 rings (SSSR count). The fourth-order valence-corrected chi connectivity index (χ4v) is 3.45.